The molecule has 1 aliphatic rings. The molecule has 0 saturated heterocycles. The molecule has 0 saturated carbocycles. The van der Waals surface area contributed by atoms with Crippen molar-refractivity contribution >= 4 is 38.4 Å². The molecule has 1 aromatic rings. The molecule has 0 bridgehead atoms. The van der Waals surface area contributed by atoms with E-state index in [1.54, 1.807) is 0 Å². The molecular formula is C15H29N5O2SSi. The van der Waals surface area contributed by atoms with Gasteiger partial charge in [0.1, 0.15) is 5.69 Å². The van der Waals surface area contributed by atoms with Crippen molar-refractivity contribution < 1.29 is 4.43 Å². The van der Waals surface area contributed by atoms with Gasteiger partial charge in [0, 0.05) is 18.4 Å². The molecule has 4 N–H and O–H groups in total. The number of anilines is 3. The molecule has 1 aliphatic heterocycles. The molecule has 24 heavy (non-hydrogen) atoms. The van der Waals surface area contributed by atoms with Gasteiger partial charge in [0.25, 0.3) is 5.56 Å². The normalized spacial score (nSPS) is 16.0. The average Bonchev–Trinajstić information content (AvgIpc) is 2.85. The fraction of sp³-hybridized carbons (Fsp3) is 0.733. The predicted octanol–water partition coefficient (Wildman–Crippen LogP) is 2.25. The Hall–Kier alpha value is -1.19. The number of hydrogen-bond acceptors (Lipinski definition) is 7. The molecule has 1 atom stereocenters. The maximum Gasteiger partial charge on any atom is 0.277 e. The van der Waals surface area contributed by atoms with E-state index in [-0.39, 0.29) is 21.8 Å². The quantitative estimate of drug-likeness (QED) is 0.452. The van der Waals surface area contributed by atoms with Gasteiger partial charge < -0.3 is 20.4 Å². The van der Waals surface area contributed by atoms with Crippen molar-refractivity contribution in [2.75, 3.05) is 35.8 Å². The van der Waals surface area contributed by atoms with Crippen molar-refractivity contribution in [2.24, 2.45) is 0 Å². The van der Waals surface area contributed by atoms with Crippen molar-refractivity contribution in [3.8, 4) is 0 Å². The van der Waals surface area contributed by atoms with Crippen molar-refractivity contribution in [2.45, 2.75) is 50.6 Å². The molecule has 9 heteroatoms. The first-order valence-electron chi connectivity index (χ1n) is 8.22. The van der Waals surface area contributed by atoms with Crippen molar-refractivity contribution in [3.05, 3.63) is 10.4 Å². The van der Waals surface area contributed by atoms with Crippen molar-refractivity contribution in [3.63, 3.8) is 0 Å². The summed E-state index contributed by atoms with van der Waals surface area (Å²) in [4.78, 5) is 20.6. The molecule has 0 aliphatic carbocycles. The first-order chi connectivity index (χ1) is 11.0. The first-order valence-corrected chi connectivity index (χ1v) is 11.6. The topological polar surface area (TPSA) is 96.3 Å². The maximum absolute atomic E-state index is 11.8. The Labute approximate surface area is 149 Å². The van der Waals surface area contributed by atoms with E-state index in [9.17, 15) is 4.79 Å². The van der Waals surface area contributed by atoms with Crippen LogP contribution in [0.15, 0.2) is 4.79 Å². The monoisotopic (exact) mass is 371 g/mol. The van der Waals surface area contributed by atoms with Gasteiger partial charge in [-0.05, 0) is 24.6 Å². The van der Waals surface area contributed by atoms with E-state index in [4.69, 9.17) is 10.2 Å². The van der Waals surface area contributed by atoms with Crippen LogP contribution >= 0.6 is 12.6 Å². The third kappa shape index (κ3) is 4.25. The number of aromatic nitrogens is 2. The molecule has 136 valence electrons. The Kier molecular flexibility index (Phi) is 5.56. The SMILES string of the molecule is CC(C)(C)[Si](C)(C)OCC(S)CCN1CNc2c1nc(N)[nH]c2=O. The third-order valence-electron chi connectivity index (χ3n) is 4.84. The van der Waals surface area contributed by atoms with Crippen LogP contribution in [-0.4, -0.2) is 43.4 Å². The number of thiol groups is 1. The van der Waals surface area contributed by atoms with Crippen LogP contribution in [0.5, 0.6) is 0 Å². The average molecular weight is 372 g/mol. The fourth-order valence-electron chi connectivity index (χ4n) is 2.21. The minimum absolute atomic E-state index is 0.135. The van der Waals surface area contributed by atoms with Gasteiger partial charge in [0.2, 0.25) is 5.95 Å². The standard InChI is InChI=1S/C15H29N5O2SSi/c1-15(2,3)24(4,5)22-8-10(23)6-7-20-9-17-11-12(20)18-14(16)19-13(11)21/h10,17,23H,6-9H2,1-5H3,(H3,16,18,19,21). The summed E-state index contributed by atoms with van der Waals surface area (Å²) >= 11 is 4.66. The lowest BCUT2D eigenvalue weighted by Crippen LogP contribution is -2.42. The summed E-state index contributed by atoms with van der Waals surface area (Å²) in [5.74, 6) is 0.748. The zero-order valence-electron chi connectivity index (χ0n) is 15.1. The summed E-state index contributed by atoms with van der Waals surface area (Å²) in [6.07, 6.45) is 0.841. The largest absolute Gasteiger partial charge is 0.416 e. The van der Waals surface area contributed by atoms with Crippen LogP contribution in [0.3, 0.4) is 0 Å². The summed E-state index contributed by atoms with van der Waals surface area (Å²) in [7, 11) is -1.75. The molecule has 0 spiro atoms. The van der Waals surface area contributed by atoms with Crippen LogP contribution in [0.4, 0.5) is 17.5 Å². The van der Waals surface area contributed by atoms with E-state index >= 15 is 0 Å². The summed E-state index contributed by atoms with van der Waals surface area (Å²) in [6.45, 7) is 13.1. The molecule has 2 heterocycles. The Balaban J connectivity index is 1.89. The van der Waals surface area contributed by atoms with E-state index in [2.05, 4.69) is 61.8 Å². The number of nitrogens with one attached hydrogen (secondary N) is 2. The van der Waals surface area contributed by atoms with Gasteiger partial charge in [-0.2, -0.15) is 17.6 Å². The number of nitrogens with zero attached hydrogens (tertiary/aromatic N) is 2. The van der Waals surface area contributed by atoms with Crippen LogP contribution in [0, 0.1) is 0 Å². The van der Waals surface area contributed by atoms with E-state index in [1.165, 1.54) is 0 Å². The zero-order valence-corrected chi connectivity index (χ0v) is 17.0. The molecule has 1 unspecified atom stereocenters. The number of nitrogens with two attached hydrogens (primary N) is 1. The smallest absolute Gasteiger partial charge is 0.277 e. The van der Waals surface area contributed by atoms with Gasteiger partial charge in [-0.1, -0.05) is 20.8 Å². The molecule has 0 aromatic carbocycles. The molecule has 7 nitrogen and oxygen atoms in total. The van der Waals surface area contributed by atoms with Gasteiger partial charge in [-0.3, -0.25) is 9.78 Å². The highest BCUT2D eigenvalue weighted by Gasteiger charge is 2.37. The van der Waals surface area contributed by atoms with Crippen molar-refractivity contribution in [1.29, 1.82) is 0 Å². The van der Waals surface area contributed by atoms with E-state index < -0.39 is 8.32 Å². The second kappa shape index (κ2) is 6.97. The summed E-state index contributed by atoms with van der Waals surface area (Å²) in [5, 5.41) is 3.40. The number of nitrogen functional groups attached to an aromatic ring is 1. The molecule has 0 amide bonds. The maximum atomic E-state index is 11.8. The number of aromatic amines is 1. The van der Waals surface area contributed by atoms with Crippen LogP contribution in [-0.2, 0) is 4.43 Å². The highest BCUT2D eigenvalue weighted by molar-refractivity contribution is 7.81. The van der Waals surface area contributed by atoms with E-state index in [1.807, 2.05) is 4.90 Å². The van der Waals surface area contributed by atoms with E-state index in [0.29, 0.717) is 24.8 Å². The molecule has 2 rings (SSSR count). The van der Waals surface area contributed by atoms with Crippen molar-refractivity contribution in [1.82, 2.24) is 9.97 Å². The van der Waals surface area contributed by atoms with Crippen LogP contribution in [0.1, 0.15) is 27.2 Å². The fourth-order valence-corrected chi connectivity index (χ4v) is 3.59. The second-order valence-electron chi connectivity index (χ2n) is 7.76. The molecule has 1 aromatic heterocycles. The number of H-pyrrole nitrogens is 1. The Morgan fingerprint density at radius 1 is 1.46 bits per heavy atom. The third-order valence-corrected chi connectivity index (χ3v) is 9.75. The Morgan fingerprint density at radius 3 is 2.75 bits per heavy atom. The number of hydrogen-bond donors (Lipinski definition) is 4. The highest BCUT2D eigenvalue weighted by Crippen LogP contribution is 2.36. The lowest BCUT2D eigenvalue weighted by molar-refractivity contribution is 0.285. The summed E-state index contributed by atoms with van der Waals surface area (Å²) < 4.78 is 6.22. The van der Waals surface area contributed by atoms with Crippen LogP contribution in [0.25, 0.3) is 0 Å². The Morgan fingerprint density at radius 2 is 2.12 bits per heavy atom. The second-order valence-corrected chi connectivity index (χ2v) is 13.3. The molecule has 0 fully saturated rings. The van der Waals surface area contributed by atoms with Gasteiger partial charge in [0.15, 0.2) is 14.1 Å². The minimum atomic E-state index is -1.75. The number of fused-ring (bicyclic) bond motifs is 1. The summed E-state index contributed by atoms with van der Waals surface area (Å²) in [5.41, 5.74) is 5.89. The van der Waals surface area contributed by atoms with Gasteiger partial charge >= 0.3 is 0 Å². The van der Waals surface area contributed by atoms with Crippen LogP contribution < -0.4 is 21.5 Å². The Bertz CT molecular complexity index is 644. The summed E-state index contributed by atoms with van der Waals surface area (Å²) in [6, 6.07) is 0. The lowest BCUT2D eigenvalue weighted by Gasteiger charge is -2.37. The van der Waals surface area contributed by atoms with E-state index in [0.717, 1.165) is 13.0 Å². The van der Waals surface area contributed by atoms with Gasteiger partial charge in [-0.15, -0.1) is 0 Å². The zero-order chi connectivity index (χ0) is 18.1. The minimum Gasteiger partial charge on any atom is -0.416 e. The first kappa shape index (κ1) is 19.1. The number of rotatable bonds is 6. The van der Waals surface area contributed by atoms with Gasteiger partial charge in [-0.25, -0.2) is 0 Å². The predicted molar refractivity (Wildman–Crippen MR) is 106 cm³/mol. The van der Waals surface area contributed by atoms with Crippen LogP contribution in [0.2, 0.25) is 18.1 Å². The van der Waals surface area contributed by atoms with Gasteiger partial charge in [0.05, 0.1) is 6.67 Å². The molecular weight excluding hydrogens is 342 g/mol. The lowest BCUT2D eigenvalue weighted by atomic mass is 10.2. The molecule has 0 radical (unpaired) electrons. The highest BCUT2D eigenvalue weighted by atomic mass is 32.1.